The van der Waals surface area contributed by atoms with Crippen LogP contribution < -0.4 is 4.72 Å². The van der Waals surface area contributed by atoms with Crippen molar-refractivity contribution in [1.82, 2.24) is 9.62 Å². The van der Waals surface area contributed by atoms with Gasteiger partial charge in [0.25, 0.3) is 0 Å². The lowest BCUT2D eigenvalue weighted by molar-refractivity contribution is 0.281. The van der Waals surface area contributed by atoms with E-state index in [0.717, 1.165) is 26.1 Å². The van der Waals surface area contributed by atoms with Crippen LogP contribution >= 0.6 is 11.6 Å². The first-order valence-corrected chi connectivity index (χ1v) is 8.92. The summed E-state index contributed by atoms with van der Waals surface area (Å²) in [5.41, 5.74) is 0.517. The molecule has 7 heteroatoms. The largest absolute Gasteiger partial charge is 0.392 e. The van der Waals surface area contributed by atoms with Gasteiger partial charge >= 0.3 is 0 Å². The van der Waals surface area contributed by atoms with Crippen molar-refractivity contribution in [1.29, 1.82) is 0 Å². The van der Waals surface area contributed by atoms with Crippen LogP contribution in [0.5, 0.6) is 0 Å². The summed E-state index contributed by atoms with van der Waals surface area (Å²) in [6, 6.07) is 4.48. The van der Waals surface area contributed by atoms with Crippen molar-refractivity contribution in [3.8, 4) is 0 Å². The predicted octanol–water partition coefficient (Wildman–Crippen LogP) is 1.84. The zero-order valence-corrected chi connectivity index (χ0v) is 14.0. The molecule has 21 heavy (non-hydrogen) atoms. The highest BCUT2D eigenvalue weighted by Gasteiger charge is 2.17. The monoisotopic (exact) mass is 334 g/mol. The van der Waals surface area contributed by atoms with E-state index < -0.39 is 10.0 Å². The lowest BCUT2D eigenvalue weighted by Gasteiger charge is -2.17. The zero-order chi connectivity index (χ0) is 15.9. The average molecular weight is 335 g/mol. The number of aliphatic hydroxyl groups is 1. The van der Waals surface area contributed by atoms with Gasteiger partial charge in [-0.2, -0.15) is 0 Å². The highest BCUT2D eigenvalue weighted by molar-refractivity contribution is 7.89. The van der Waals surface area contributed by atoms with Crippen molar-refractivity contribution in [2.24, 2.45) is 0 Å². The molecule has 0 aliphatic heterocycles. The van der Waals surface area contributed by atoms with Gasteiger partial charge in [0.15, 0.2) is 0 Å². The Balaban J connectivity index is 2.65. The first kappa shape index (κ1) is 18.4. The summed E-state index contributed by atoms with van der Waals surface area (Å²) in [7, 11) is -3.65. The Morgan fingerprint density at radius 2 is 1.95 bits per heavy atom. The lowest BCUT2D eigenvalue weighted by Crippen LogP contribution is -2.30. The second-order valence-corrected chi connectivity index (χ2v) is 6.84. The van der Waals surface area contributed by atoms with E-state index in [1.165, 1.54) is 12.1 Å². The molecule has 5 nitrogen and oxygen atoms in total. The van der Waals surface area contributed by atoms with E-state index in [1.807, 2.05) is 0 Å². The molecule has 0 aromatic heterocycles. The molecule has 1 rings (SSSR count). The van der Waals surface area contributed by atoms with Crippen LogP contribution in [-0.2, 0) is 16.6 Å². The van der Waals surface area contributed by atoms with Crippen LogP contribution in [0, 0.1) is 0 Å². The third-order valence-electron chi connectivity index (χ3n) is 3.31. The van der Waals surface area contributed by atoms with Crippen LogP contribution in [0.1, 0.15) is 25.8 Å². The molecule has 0 saturated heterocycles. The summed E-state index contributed by atoms with van der Waals surface area (Å²) >= 11 is 5.94. The first-order chi connectivity index (χ1) is 9.94. The lowest BCUT2D eigenvalue weighted by atomic mass is 10.2. The number of rotatable bonds is 9. The Hall–Kier alpha value is -0.660. The fourth-order valence-electron chi connectivity index (χ4n) is 1.98. The molecule has 120 valence electrons. The molecule has 0 bridgehead atoms. The first-order valence-electron chi connectivity index (χ1n) is 7.05. The SMILES string of the molecule is CCN(CC)CCCNS(=O)(=O)c1cc(CO)ccc1Cl. The molecule has 0 amide bonds. The second kappa shape index (κ2) is 8.70. The van der Waals surface area contributed by atoms with Gasteiger partial charge in [0, 0.05) is 6.54 Å². The molecule has 1 aromatic carbocycles. The van der Waals surface area contributed by atoms with Gasteiger partial charge in [-0.15, -0.1) is 0 Å². The van der Waals surface area contributed by atoms with Gasteiger partial charge in [-0.1, -0.05) is 31.5 Å². The third-order valence-corrected chi connectivity index (χ3v) is 5.25. The normalized spacial score (nSPS) is 12.0. The van der Waals surface area contributed by atoms with E-state index in [1.54, 1.807) is 6.07 Å². The van der Waals surface area contributed by atoms with Gasteiger partial charge in [-0.05, 0) is 43.8 Å². The molecule has 0 saturated carbocycles. The van der Waals surface area contributed by atoms with Crippen LogP contribution in [0.25, 0.3) is 0 Å². The van der Waals surface area contributed by atoms with E-state index in [-0.39, 0.29) is 16.5 Å². The molecule has 0 fully saturated rings. The standard InChI is InChI=1S/C14H23ClN2O3S/c1-3-17(4-2)9-5-8-16-21(19,20)14-10-12(11-18)6-7-13(14)15/h6-7,10,16,18H,3-5,8-9,11H2,1-2H3. The number of benzene rings is 1. The van der Waals surface area contributed by atoms with Crippen molar-refractivity contribution >= 4 is 21.6 Å². The Bertz CT molecular complexity index is 545. The zero-order valence-electron chi connectivity index (χ0n) is 12.5. The van der Waals surface area contributed by atoms with Crippen molar-refractivity contribution in [3.05, 3.63) is 28.8 Å². The fraction of sp³-hybridized carbons (Fsp3) is 0.571. The molecule has 0 aliphatic carbocycles. The predicted molar refractivity (Wildman–Crippen MR) is 85.0 cm³/mol. The third kappa shape index (κ3) is 5.56. The van der Waals surface area contributed by atoms with Gasteiger partial charge in [0.05, 0.1) is 11.6 Å². The average Bonchev–Trinajstić information content (AvgIpc) is 2.47. The van der Waals surface area contributed by atoms with Crippen LogP contribution in [-0.4, -0.2) is 44.6 Å². The second-order valence-electron chi connectivity index (χ2n) is 4.70. The minimum Gasteiger partial charge on any atom is -0.392 e. The molecule has 0 aliphatic rings. The number of sulfonamides is 1. The van der Waals surface area contributed by atoms with Gasteiger partial charge in [0.2, 0.25) is 10.0 Å². The molecule has 1 aromatic rings. The van der Waals surface area contributed by atoms with Gasteiger partial charge < -0.3 is 10.0 Å². The van der Waals surface area contributed by atoms with Gasteiger partial charge in [0.1, 0.15) is 4.90 Å². The van der Waals surface area contributed by atoms with E-state index >= 15 is 0 Å². The topological polar surface area (TPSA) is 69.6 Å². The Kier molecular flexibility index (Phi) is 7.62. The molecular weight excluding hydrogens is 312 g/mol. The maximum Gasteiger partial charge on any atom is 0.242 e. The number of halogens is 1. The fourth-order valence-corrected chi connectivity index (χ4v) is 3.60. The smallest absolute Gasteiger partial charge is 0.242 e. The Morgan fingerprint density at radius 1 is 1.29 bits per heavy atom. The molecule has 2 N–H and O–H groups in total. The summed E-state index contributed by atoms with van der Waals surface area (Å²) < 4.78 is 27.0. The summed E-state index contributed by atoms with van der Waals surface area (Å²) in [5.74, 6) is 0. The van der Waals surface area contributed by atoms with Crippen molar-refractivity contribution in [2.45, 2.75) is 31.8 Å². The van der Waals surface area contributed by atoms with Gasteiger partial charge in [-0.3, -0.25) is 0 Å². The maximum atomic E-state index is 12.2. The number of nitrogens with one attached hydrogen (secondary N) is 1. The Morgan fingerprint density at radius 3 is 2.52 bits per heavy atom. The van der Waals surface area contributed by atoms with E-state index in [9.17, 15) is 8.42 Å². The number of nitrogens with zero attached hydrogens (tertiary/aromatic N) is 1. The van der Waals surface area contributed by atoms with Crippen molar-refractivity contribution in [3.63, 3.8) is 0 Å². The molecule has 0 unspecified atom stereocenters. The summed E-state index contributed by atoms with van der Waals surface area (Å²) in [5, 5.41) is 9.24. The van der Waals surface area contributed by atoms with E-state index in [4.69, 9.17) is 16.7 Å². The van der Waals surface area contributed by atoms with Crippen molar-refractivity contribution in [2.75, 3.05) is 26.2 Å². The molecule has 0 radical (unpaired) electrons. The highest BCUT2D eigenvalue weighted by atomic mass is 35.5. The Labute approximate surface area is 132 Å². The van der Waals surface area contributed by atoms with Crippen LogP contribution in [0.2, 0.25) is 5.02 Å². The number of hydrogen-bond acceptors (Lipinski definition) is 4. The minimum atomic E-state index is -3.65. The summed E-state index contributed by atoms with van der Waals surface area (Å²) in [4.78, 5) is 2.24. The minimum absolute atomic E-state index is 0.0126. The van der Waals surface area contributed by atoms with Crippen LogP contribution in [0.15, 0.2) is 23.1 Å². The molecule has 0 heterocycles. The summed E-state index contributed by atoms with van der Waals surface area (Å²) in [6.45, 7) is 7.04. The van der Waals surface area contributed by atoms with Crippen molar-refractivity contribution < 1.29 is 13.5 Å². The van der Waals surface area contributed by atoms with Crippen LogP contribution in [0.4, 0.5) is 0 Å². The van der Waals surface area contributed by atoms with Crippen LogP contribution in [0.3, 0.4) is 0 Å². The maximum absolute atomic E-state index is 12.2. The van der Waals surface area contributed by atoms with E-state index in [2.05, 4.69) is 23.5 Å². The summed E-state index contributed by atoms with van der Waals surface area (Å²) in [6.07, 6.45) is 0.734. The number of aliphatic hydroxyl groups excluding tert-OH is 1. The quantitative estimate of drug-likeness (QED) is 0.676. The molecule has 0 atom stereocenters. The number of hydrogen-bond donors (Lipinski definition) is 2. The highest BCUT2D eigenvalue weighted by Crippen LogP contribution is 2.22. The van der Waals surface area contributed by atoms with Gasteiger partial charge in [-0.25, -0.2) is 13.1 Å². The molecule has 0 spiro atoms. The molecular formula is C14H23ClN2O3S. The van der Waals surface area contributed by atoms with E-state index in [0.29, 0.717) is 12.1 Å².